The van der Waals surface area contributed by atoms with Gasteiger partial charge in [0.2, 0.25) is 0 Å². The van der Waals surface area contributed by atoms with Crippen LogP contribution in [0.1, 0.15) is 58.6 Å². The molecule has 1 fully saturated rings. The number of halogens is 3. The zero-order chi connectivity index (χ0) is 28.4. The third-order valence-electron chi connectivity index (χ3n) is 7.26. The Labute approximate surface area is 233 Å². The highest BCUT2D eigenvalue weighted by molar-refractivity contribution is 6.30. The number of rotatable bonds is 7. The Morgan fingerprint density at radius 3 is 2.48 bits per heavy atom. The average Bonchev–Trinajstić information content (AvgIpc) is 3.24. The maximum Gasteiger partial charge on any atom is 0.333 e. The van der Waals surface area contributed by atoms with Crippen molar-refractivity contribution in [2.24, 2.45) is 5.92 Å². The van der Waals surface area contributed by atoms with E-state index in [9.17, 15) is 23.2 Å². The molecular weight excluding hydrogens is 542 g/mol. The van der Waals surface area contributed by atoms with Crippen LogP contribution in [-0.2, 0) is 6.54 Å². The molecule has 40 heavy (non-hydrogen) atoms. The summed E-state index contributed by atoms with van der Waals surface area (Å²) < 4.78 is 30.0. The van der Waals surface area contributed by atoms with Gasteiger partial charge in [0.25, 0.3) is 18.2 Å². The molecule has 3 aromatic heterocycles. The molecule has 208 valence electrons. The van der Waals surface area contributed by atoms with E-state index < -0.39 is 18.0 Å². The van der Waals surface area contributed by atoms with E-state index in [1.165, 1.54) is 19.3 Å². The number of nitrogens with one attached hydrogen (secondary N) is 2. The van der Waals surface area contributed by atoms with E-state index in [1.54, 1.807) is 21.3 Å². The fourth-order valence-corrected chi connectivity index (χ4v) is 5.42. The number of carbonyl (C=O) groups is 2. The number of amides is 2. The molecule has 12 heteroatoms. The molecule has 0 aliphatic heterocycles. The molecule has 1 aliphatic carbocycles. The molecule has 1 aliphatic rings. The van der Waals surface area contributed by atoms with Crippen LogP contribution in [0.5, 0.6) is 0 Å². The molecule has 1 aromatic carbocycles. The van der Waals surface area contributed by atoms with Crippen LogP contribution < -0.4 is 16.3 Å². The minimum absolute atomic E-state index is 0.111. The third kappa shape index (κ3) is 5.46. The average molecular weight is 569 g/mol. The van der Waals surface area contributed by atoms with Gasteiger partial charge in [-0.3, -0.25) is 28.7 Å². The fraction of sp³-hybridized carbons (Fsp3) is 0.321. The number of nitrogens with zero attached hydrogens (tertiary/aromatic N) is 4. The van der Waals surface area contributed by atoms with Gasteiger partial charge in [0, 0.05) is 32.0 Å². The fourth-order valence-electron chi connectivity index (χ4n) is 5.26. The van der Waals surface area contributed by atoms with Crippen LogP contribution in [0.25, 0.3) is 16.7 Å². The van der Waals surface area contributed by atoms with Gasteiger partial charge in [-0.05, 0) is 61.9 Å². The van der Waals surface area contributed by atoms with Crippen LogP contribution in [0.2, 0.25) is 5.02 Å². The second-order valence-electron chi connectivity index (χ2n) is 9.77. The van der Waals surface area contributed by atoms with Crippen molar-refractivity contribution in [1.82, 2.24) is 29.7 Å². The summed E-state index contributed by atoms with van der Waals surface area (Å²) in [7, 11) is 1.52. The van der Waals surface area contributed by atoms with Gasteiger partial charge in [-0.1, -0.05) is 23.7 Å². The lowest BCUT2D eigenvalue weighted by atomic mass is 9.85. The first kappa shape index (κ1) is 27.4. The molecule has 5 rings (SSSR count). The van der Waals surface area contributed by atoms with Gasteiger partial charge in [-0.15, -0.1) is 0 Å². The Morgan fingerprint density at radius 1 is 1.05 bits per heavy atom. The highest BCUT2D eigenvalue weighted by Crippen LogP contribution is 2.29. The van der Waals surface area contributed by atoms with Crippen LogP contribution in [0.15, 0.2) is 59.7 Å². The second kappa shape index (κ2) is 11.5. The van der Waals surface area contributed by atoms with Crippen LogP contribution in [0.3, 0.4) is 0 Å². The van der Waals surface area contributed by atoms with Crippen molar-refractivity contribution in [1.29, 1.82) is 0 Å². The SMILES string of the molecule is CNC(=O)c1cc(-n2c(=O)n(C[C@H]3CC[C@H](NC(=O)c4cc(Cl)cnc4C(F)F)CC3)c3ccccc32)ccn1. The monoisotopic (exact) mass is 568 g/mol. The third-order valence-corrected chi connectivity index (χ3v) is 7.46. The van der Waals surface area contributed by atoms with Gasteiger partial charge < -0.3 is 10.6 Å². The Hall–Kier alpha value is -4.12. The maximum atomic E-state index is 13.7. The smallest absolute Gasteiger partial charge is 0.333 e. The largest absolute Gasteiger partial charge is 0.354 e. The summed E-state index contributed by atoms with van der Waals surface area (Å²) in [6, 6.07) is 11.8. The molecule has 2 N–H and O–H groups in total. The molecular formula is C28H27ClF2N6O3. The first-order chi connectivity index (χ1) is 19.3. The number of carbonyl (C=O) groups excluding carboxylic acids is 2. The summed E-state index contributed by atoms with van der Waals surface area (Å²) in [4.78, 5) is 46.3. The molecule has 9 nitrogen and oxygen atoms in total. The van der Waals surface area contributed by atoms with E-state index >= 15 is 0 Å². The van der Waals surface area contributed by atoms with Crippen molar-refractivity contribution in [2.45, 2.75) is 44.7 Å². The number of hydrogen-bond acceptors (Lipinski definition) is 5. The first-order valence-corrected chi connectivity index (χ1v) is 13.3. The first-order valence-electron chi connectivity index (χ1n) is 12.9. The van der Waals surface area contributed by atoms with Crippen molar-refractivity contribution in [3.05, 3.63) is 87.3 Å². The Morgan fingerprint density at radius 2 is 1.77 bits per heavy atom. The summed E-state index contributed by atoms with van der Waals surface area (Å²) in [5.74, 6) is -0.797. The predicted octanol–water partition coefficient (Wildman–Crippen LogP) is 4.52. The van der Waals surface area contributed by atoms with E-state index in [1.807, 2.05) is 24.3 Å². The molecule has 0 saturated heterocycles. The molecule has 0 bridgehead atoms. The van der Waals surface area contributed by atoms with Crippen LogP contribution >= 0.6 is 11.6 Å². The number of pyridine rings is 2. The maximum absolute atomic E-state index is 13.7. The molecule has 1 saturated carbocycles. The normalized spacial score (nSPS) is 17.2. The Balaban J connectivity index is 1.32. The lowest BCUT2D eigenvalue weighted by Gasteiger charge is -2.29. The van der Waals surface area contributed by atoms with Gasteiger partial charge in [0.1, 0.15) is 11.4 Å². The van der Waals surface area contributed by atoms with E-state index in [-0.39, 0.29) is 39.8 Å². The van der Waals surface area contributed by atoms with Crippen molar-refractivity contribution in [2.75, 3.05) is 7.05 Å². The van der Waals surface area contributed by atoms with Gasteiger partial charge in [-0.2, -0.15) is 0 Å². The number of imidazole rings is 1. The van der Waals surface area contributed by atoms with Gasteiger partial charge in [-0.25, -0.2) is 13.6 Å². The number of para-hydroxylation sites is 2. The zero-order valence-corrected chi connectivity index (χ0v) is 22.4. The van der Waals surface area contributed by atoms with Gasteiger partial charge >= 0.3 is 5.69 Å². The van der Waals surface area contributed by atoms with Gasteiger partial charge in [0.15, 0.2) is 0 Å². The van der Waals surface area contributed by atoms with Crippen LogP contribution in [0, 0.1) is 5.92 Å². The van der Waals surface area contributed by atoms with E-state index in [2.05, 4.69) is 20.6 Å². The lowest BCUT2D eigenvalue weighted by Crippen LogP contribution is -2.39. The van der Waals surface area contributed by atoms with Crippen LogP contribution in [0.4, 0.5) is 8.78 Å². The molecule has 3 heterocycles. The highest BCUT2D eigenvalue weighted by Gasteiger charge is 2.27. The predicted molar refractivity (Wildman–Crippen MR) is 146 cm³/mol. The number of hydrogen-bond donors (Lipinski definition) is 2. The summed E-state index contributed by atoms with van der Waals surface area (Å²) in [6.07, 6.45) is 2.46. The molecule has 0 spiro atoms. The lowest BCUT2D eigenvalue weighted by molar-refractivity contribution is 0.0903. The van der Waals surface area contributed by atoms with Gasteiger partial charge in [0.05, 0.1) is 27.3 Å². The number of fused-ring (bicyclic) bond motifs is 1. The molecule has 2 amide bonds. The number of benzene rings is 1. The van der Waals surface area contributed by atoms with E-state index in [0.29, 0.717) is 30.6 Å². The summed E-state index contributed by atoms with van der Waals surface area (Å²) in [5.41, 5.74) is 1.19. The highest BCUT2D eigenvalue weighted by atomic mass is 35.5. The standard InChI is InChI=1S/C28H27ClF2N6O3/c1-32-27(39)21-13-19(10-11-33-21)37-23-5-3-2-4-22(23)36(28(37)40)15-16-6-8-18(9-7-16)35-26(38)20-12-17(29)14-34-24(20)25(30)31/h2-5,10-14,16,18,25H,6-9,15H2,1H3,(H,32,39)(H,35,38)/t16-,18-. The van der Waals surface area contributed by atoms with E-state index in [0.717, 1.165) is 24.6 Å². The molecule has 4 aromatic rings. The molecule has 0 unspecified atom stereocenters. The van der Waals surface area contributed by atoms with Crippen molar-refractivity contribution < 1.29 is 18.4 Å². The van der Waals surface area contributed by atoms with Crippen molar-refractivity contribution in [3.8, 4) is 5.69 Å². The van der Waals surface area contributed by atoms with Crippen molar-refractivity contribution >= 4 is 34.4 Å². The summed E-state index contributed by atoms with van der Waals surface area (Å²) in [5, 5.41) is 5.50. The summed E-state index contributed by atoms with van der Waals surface area (Å²) >= 11 is 5.89. The Bertz CT molecular complexity index is 1630. The minimum atomic E-state index is -2.89. The van der Waals surface area contributed by atoms with Crippen molar-refractivity contribution in [3.63, 3.8) is 0 Å². The quantitative estimate of drug-likeness (QED) is 0.340. The molecule has 0 radical (unpaired) electrons. The second-order valence-corrected chi connectivity index (χ2v) is 10.2. The Kier molecular flexibility index (Phi) is 7.92. The number of alkyl halides is 2. The topological polar surface area (TPSA) is 111 Å². The zero-order valence-electron chi connectivity index (χ0n) is 21.6. The van der Waals surface area contributed by atoms with Crippen LogP contribution in [-0.4, -0.2) is 44.0 Å². The molecule has 0 atom stereocenters. The minimum Gasteiger partial charge on any atom is -0.354 e. The number of aromatic nitrogens is 4. The summed E-state index contributed by atoms with van der Waals surface area (Å²) in [6.45, 7) is 0.480. The van der Waals surface area contributed by atoms with E-state index in [4.69, 9.17) is 11.6 Å².